The lowest BCUT2D eigenvalue weighted by Gasteiger charge is -2.25. The fourth-order valence-corrected chi connectivity index (χ4v) is 4.98. The van der Waals surface area contributed by atoms with Crippen molar-refractivity contribution in [2.45, 2.75) is 24.2 Å². The smallest absolute Gasteiger partial charge is 0.291 e. The van der Waals surface area contributed by atoms with Gasteiger partial charge in [0, 0.05) is 24.2 Å². The predicted octanol–water partition coefficient (Wildman–Crippen LogP) is 3.87. The highest BCUT2D eigenvalue weighted by Crippen LogP contribution is 2.29. The van der Waals surface area contributed by atoms with Crippen LogP contribution in [0.25, 0.3) is 11.0 Å². The number of hydrogen-bond acceptors (Lipinski definition) is 5. The number of anilines is 1. The number of piperidine rings is 1. The van der Waals surface area contributed by atoms with Crippen molar-refractivity contribution in [3.8, 4) is 5.75 Å². The fourth-order valence-electron chi connectivity index (χ4n) is 3.47. The number of carbonyl (C=O) groups excluding carboxylic acids is 1. The van der Waals surface area contributed by atoms with Crippen LogP contribution in [0.5, 0.6) is 5.75 Å². The third kappa shape index (κ3) is 3.86. The van der Waals surface area contributed by atoms with Gasteiger partial charge >= 0.3 is 0 Å². The third-order valence-electron chi connectivity index (χ3n) is 5.02. The summed E-state index contributed by atoms with van der Waals surface area (Å²) in [6.07, 6.45) is 2.83. The van der Waals surface area contributed by atoms with Crippen molar-refractivity contribution in [2.24, 2.45) is 0 Å². The Hall–Kier alpha value is -2.84. The molecule has 29 heavy (non-hydrogen) atoms. The number of nitrogens with one attached hydrogen (secondary N) is 1. The largest absolute Gasteiger partial charge is 0.493 e. The first-order chi connectivity index (χ1) is 14.0. The topological polar surface area (TPSA) is 88.8 Å². The molecule has 1 aliphatic heterocycles. The Morgan fingerprint density at radius 1 is 1.07 bits per heavy atom. The molecule has 0 bridgehead atoms. The Morgan fingerprint density at radius 3 is 2.48 bits per heavy atom. The monoisotopic (exact) mass is 414 g/mol. The molecule has 1 N–H and O–H groups in total. The average molecular weight is 414 g/mol. The number of carbonyl (C=O) groups is 1. The molecule has 7 nitrogen and oxygen atoms in total. The number of nitrogens with zero attached hydrogens (tertiary/aromatic N) is 1. The van der Waals surface area contributed by atoms with Crippen LogP contribution < -0.4 is 10.1 Å². The summed E-state index contributed by atoms with van der Waals surface area (Å²) in [5.41, 5.74) is 0.989. The Morgan fingerprint density at radius 2 is 1.79 bits per heavy atom. The van der Waals surface area contributed by atoms with Crippen molar-refractivity contribution >= 4 is 32.6 Å². The standard InChI is InChI=1S/C21H22N2O5S/c1-27-18-7-5-6-15-14-19(28-20(15)18)21(24)22-16-8-10-17(11-9-16)29(25,26)23-12-3-2-4-13-23/h5-11,14H,2-4,12-13H2,1H3,(H,22,24). The number of sulfonamides is 1. The zero-order valence-electron chi connectivity index (χ0n) is 16.1. The molecular formula is C21H22N2O5S. The Bertz CT molecular complexity index is 1130. The van der Waals surface area contributed by atoms with Gasteiger partial charge < -0.3 is 14.5 Å². The Kier molecular flexibility index (Phi) is 5.29. The molecule has 0 atom stereocenters. The van der Waals surface area contributed by atoms with Gasteiger partial charge in [0.1, 0.15) is 0 Å². The van der Waals surface area contributed by atoms with E-state index in [1.807, 2.05) is 12.1 Å². The van der Waals surface area contributed by atoms with E-state index >= 15 is 0 Å². The van der Waals surface area contributed by atoms with Crippen molar-refractivity contribution in [3.05, 3.63) is 54.3 Å². The molecular weight excluding hydrogens is 392 g/mol. The number of furan rings is 1. The highest BCUT2D eigenvalue weighted by atomic mass is 32.2. The lowest BCUT2D eigenvalue weighted by molar-refractivity contribution is 0.0998. The molecule has 0 unspecified atom stereocenters. The van der Waals surface area contributed by atoms with Crippen LogP contribution in [-0.4, -0.2) is 38.8 Å². The number of ether oxygens (including phenoxy) is 1. The first-order valence-electron chi connectivity index (χ1n) is 9.47. The number of methoxy groups -OCH3 is 1. The van der Waals surface area contributed by atoms with Gasteiger partial charge in [-0.15, -0.1) is 0 Å². The summed E-state index contributed by atoms with van der Waals surface area (Å²) >= 11 is 0. The van der Waals surface area contributed by atoms with Gasteiger partial charge in [0.15, 0.2) is 17.1 Å². The van der Waals surface area contributed by atoms with Crippen LogP contribution in [0.4, 0.5) is 5.69 Å². The van der Waals surface area contributed by atoms with Crippen LogP contribution in [0, 0.1) is 0 Å². The number of amides is 1. The molecule has 4 rings (SSSR count). The molecule has 0 aliphatic carbocycles. The highest BCUT2D eigenvalue weighted by molar-refractivity contribution is 7.89. The second kappa shape index (κ2) is 7.88. The second-order valence-electron chi connectivity index (χ2n) is 6.93. The van der Waals surface area contributed by atoms with E-state index in [0.29, 0.717) is 30.1 Å². The van der Waals surface area contributed by atoms with Crippen molar-refractivity contribution in [3.63, 3.8) is 0 Å². The summed E-state index contributed by atoms with van der Waals surface area (Å²) in [6, 6.07) is 13.2. The van der Waals surface area contributed by atoms with E-state index in [2.05, 4.69) is 5.32 Å². The first kappa shape index (κ1) is 19.5. The predicted molar refractivity (Wildman–Crippen MR) is 110 cm³/mol. The molecule has 1 aromatic heterocycles. The Balaban J connectivity index is 1.51. The van der Waals surface area contributed by atoms with Gasteiger partial charge in [0.2, 0.25) is 10.0 Å². The third-order valence-corrected chi connectivity index (χ3v) is 6.93. The van der Waals surface area contributed by atoms with Crippen LogP contribution in [0.2, 0.25) is 0 Å². The quantitative estimate of drug-likeness (QED) is 0.685. The number of para-hydroxylation sites is 1. The van der Waals surface area contributed by atoms with Crippen LogP contribution in [-0.2, 0) is 10.0 Å². The molecule has 3 aromatic rings. The minimum atomic E-state index is -3.50. The molecule has 1 fully saturated rings. The Labute approximate surface area is 169 Å². The van der Waals surface area contributed by atoms with Gasteiger partial charge in [0.25, 0.3) is 5.91 Å². The highest BCUT2D eigenvalue weighted by Gasteiger charge is 2.25. The zero-order valence-corrected chi connectivity index (χ0v) is 16.9. The van der Waals surface area contributed by atoms with Crippen LogP contribution in [0.1, 0.15) is 29.8 Å². The van der Waals surface area contributed by atoms with Gasteiger partial charge in [-0.25, -0.2) is 8.42 Å². The van der Waals surface area contributed by atoms with Gasteiger partial charge in [-0.2, -0.15) is 4.31 Å². The number of fused-ring (bicyclic) bond motifs is 1. The van der Waals surface area contributed by atoms with E-state index in [0.717, 1.165) is 24.6 Å². The van der Waals surface area contributed by atoms with Gasteiger partial charge in [-0.3, -0.25) is 4.79 Å². The summed E-state index contributed by atoms with van der Waals surface area (Å²) in [4.78, 5) is 12.8. The maximum atomic E-state index is 12.7. The molecule has 0 spiro atoms. The molecule has 2 heterocycles. The van der Waals surface area contributed by atoms with Crippen LogP contribution >= 0.6 is 0 Å². The van der Waals surface area contributed by atoms with Crippen molar-refractivity contribution in [1.82, 2.24) is 4.31 Å². The maximum absolute atomic E-state index is 12.7. The van der Waals surface area contributed by atoms with Gasteiger partial charge in [-0.1, -0.05) is 18.6 Å². The molecule has 0 radical (unpaired) electrons. The number of benzene rings is 2. The van der Waals surface area contributed by atoms with E-state index in [4.69, 9.17) is 9.15 Å². The molecule has 1 aliphatic rings. The minimum absolute atomic E-state index is 0.148. The summed E-state index contributed by atoms with van der Waals surface area (Å²) in [5.74, 6) is 0.276. The van der Waals surface area contributed by atoms with Crippen molar-refractivity contribution in [2.75, 3.05) is 25.5 Å². The zero-order chi connectivity index (χ0) is 20.4. The maximum Gasteiger partial charge on any atom is 0.291 e. The molecule has 2 aromatic carbocycles. The summed E-state index contributed by atoms with van der Waals surface area (Å²) in [7, 11) is -1.96. The van der Waals surface area contributed by atoms with Crippen molar-refractivity contribution in [1.29, 1.82) is 0 Å². The fraction of sp³-hybridized carbons (Fsp3) is 0.286. The second-order valence-corrected chi connectivity index (χ2v) is 8.87. The van der Waals surface area contributed by atoms with E-state index in [9.17, 15) is 13.2 Å². The summed E-state index contributed by atoms with van der Waals surface area (Å²) < 4.78 is 37.8. The minimum Gasteiger partial charge on any atom is -0.493 e. The van der Waals surface area contributed by atoms with E-state index in [-0.39, 0.29) is 10.7 Å². The van der Waals surface area contributed by atoms with Crippen LogP contribution in [0.3, 0.4) is 0 Å². The van der Waals surface area contributed by atoms with E-state index < -0.39 is 15.9 Å². The molecule has 0 saturated carbocycles. The van der Waals surface area contributed by atoms with Crippen LogP contribution in [0.15, 0.2) is 57.8 Å². The number of rotatable bonds is 5. The van der Waals surface area contributed by atoms with Gasteiger partial charge in [0.05, 0.1) is 12.0 Å². The molecule has 1 saturated heterocycles. The summed E-state index contributed by atoms with van der Waals surface area (Å²) in [5, 5.41) is 3.49. The summed E-state index contributed by atoms with van der Waals surface area (Å²) in [6.45, 7) is 1.10. The lowest BCUT2D eigenvalue weighted by Crippen LogP contribution is -2.35. The average Bonchev–Trinajstić information content (AvgIpc) is 3.19. The molecule has 152 valence electrons. The first-order valence-corrected chi connectivity index (χ1v) is 10.9. The van der Waals surface area contributed by atoms with Gasteiger partial charge in [-0.05, 0) is 49.2 Å². The normalized spacial score (nSPS) is 15.3. The lowest BCUT2D eigenvalue weighted by atomic mass is 10.2. The van der Waals surface area contributed by atoms with Crippen molar-refractivity contribution < 1.29 is 22.4 Å². The van der Waals surface area contributed by atoms with E-state index in [1.54, 1.807) is 24.3 Å². The van der Waals surface area contributed by atoms with E-state index in [1.165, 1.54) is 23.5 Å². The number of hydrogen-bond donors (Lipinski definition) is 1. The SMILES string of the molecule is COc1cccc2cc(C(=O)Nc3ccc(S(=O)(=O)N4CCCCC4)cc3)oc12. The molecule has 1 amide bonds. The molecule has 8 heteroatoms.